The Bertz CT molecular complexity index is 409. The van der Waals surface area contributed by atoms with Gasteiger partial charge in [-0.2, -0.15) is 0 Å². The van der Waals surface area contributed by atoms with Crippen LogP contribution in [0.4, 0.5) is 5.69 Å². The third-order valence-corrected chi connectivity index (χ3v) is 1.74. The highest BCUT2D eigenvalue weighted by Crippen LogP contribution is 1.97. The molecule has 0 aromatic carbocycles. The molecular weight excluding hydrogens is 184 g/mol. The number of hydrogen-bond donors (Lipinski definition) is 1. The Hall–Kier alpha value is -1.78. The number of nitrogen functional groups attached to an aromatic ring is 1. The summed E-state index contributed by atoms with van der Waals surface area (Å²) >= 11 is 0. The first-order chi connectivity index (χ1) is 6.56. The van der Waals surface area contributed by atoms with E-state index in [1.165, 1.54) is 6.07 Å². The molecule has 14 heavy (non-hydrogen) atoms. The molecule has 0 aliphatic heterocycles. The van der Waals surface area contributed by atoms with Crippen LogP contribution in [0.3, 0.4) is 0 Å². The summed E-state index contributed by atoms with van der Waals surface area (Å²) in [5, 5.41) is 0. The maximum Gasteiger partial charge on any atom is 0.332 e. The Kier molecular flexibility index (Phi) is 2.91. The fourth-order valence-electron chi connectivity index (χ4n) is 0.907. The molecule has 0 fully saturated rings. The number of pyridine rings is 1. The van der Waals surface area contributed by atoms with Gasteiger partial charge < -0.3 is 10.6 Å². The molecule has 0 radical (unpaired) electrons. The Balaban J connectivity index is 3.13. The lowest BCUT2D eigenvalue weighted by atomic mass is 10.3. The van der Waals surface area contributed by atoms with Gasteiger partial charge in [0, 0.05) is 6.42 Å². The zero-order valence-corrected chi connectivity index (χ0v) is 8.11. The van der Waals surface area contributed by atoms with Crippen molar-refractivity contribution in [2.24, 2.45) is 0 Å². The summed E-state index contributed by atoms with van der Waals surface area (Å²) < 4.78 is 0.904. The standard InChI is InChI=1S/C9H12N2O3/c1-3-8(12)14-11-6(2)4-5-7(10)9(11)13/h4-5H,3,10H2,1-2H3. The largest absolute Gasteiger partial charge is 0.394 e. The first-order valence-electron chi connectivity index (χ1n) is 4.25. The SMILES string of the molecule is CCC(=O)On1c(C)ccc(N)c1=O. The molecule has 1 aromatic rings. The van der Waals surface area contributed by atoms with E-state index in [0.29, 0.717) is 5.69 Å². The van der Waals surface area contributed by atoms with E-state index in [1.54, 1.807) is 19.9 Å². The summed E-state index contributed by atoms with van der Waals surface area (Å²) in [4.78, 5) is 27.2. The Morgan fingerprint density at radius 3 is 2.79 bits per heavy atom. The quantitative estimate of drug-likeness (QED) is 0.728. The summed E-state index contributed by atoms with van der Waals surface area (Å²) in [5.74, 6) is -0.471. The molecule has 0 atom stereocenters. The molecule has 5 nitrogen and oxygen atoms in total. The van der Waals surface area contributed by atoms with Crippen molar-refractivity contribution in [1.29, 1.82) is 0 Å². The summed E-state index contributed by atoms with van der Waals surface area (Å²) in [6.07, 6.45) is 0.209. The fourth-order valence-corrected chi connectivity index (χ4v) is 0.907. The third kappa shape index (κ3) is 1.93. The van der Waals surface area contributed by atoms with Crippen LogP contribution in [0.25, 0.3) is 0 Å². The molecule has 0 aliphatic carbocycles. The number of hydrogen-bond acceptors (Lipinski definition) is 4. The van der Waals surface area contributed by atoms with Crippen molar-refractivity contribution in [3.05, 3.63) is 28.2 Å². The highest BCUT2D eigenvalue weighted by atomic mass is 16.7. The van der Waals surface area contributed by atoms with Crippen LogP contribution < -0.4 is 16.1 Å². The van der Waals surface area contributed by atoms with Gasteiger partial charge in [-0.05, 0) is 19.1 Å². The molecule has 0 spiro atoms. The minimum Gasteiger partial charge on any atom is -0.394 e. The number of anilines is 1. The van der Waals surface area contributed by atoms with Crippen molar-refractivity contribution in [3.8, 4) is 0 Å². The molecule has 0 saturated heterocycles. The molecule has 5 heteroatoms. The Labute approximate surface area is 81.1 Å². The predicted octanol–water partition coefficient (Wildman–Crippen LogP) is 0.104. The average Bonchev–Trinajstić information content (AvgIpc) is 2.18. The summed E-state index contributed by atoms with van der Waals surface area (Å²) in [5.41, 5.74) is 5.46. The number of carbonyl (C=O) groups excluding carboxylic acids is 1. The zero-order valence-electron chi connectivity index (χ0n) is 8.11. The molecule has 1 rings (SSSR count). The number of aryl methyl sites for hydroxylation is 1. The summed E-state index contributed by atoms with van der Waals surface area (Å²) in [7, 11) is 0. The molecule has 0 amide bonds. The molecule has 1 aromatic heterocycles. The minimum absolute atomic E-state index is 0.0551. The highest BCUT2D eigenvalue weighted by molar-refractivity contribution is 5.69. The van der Waals surface area contributed by atoms with Crippen molar-refractivity contribution in [3.63, 3.8) is 0 Å². The van der Waals surface area contributed by atoms with Crippen molar-refractivity contribution < 1.29 is 9.63 Å². The molecule has 76 valence electrons. The molecule has 2 N–H and O–H groups in total. The second-order valence-electron chi connectivity index (χ2n) is 2.85. The van der Waals surface area contributed by atoms with E-state index in [4.69, 9.17) is 10.6 Å². The second-order valence-corrected chi connectivity index (χ2v) is 2.85. The van der Waals surface area contributed by atoms with Crippen LogP contribution in [0, 0.1) is 6.92 Å². The van der Waals surface area contributed by atoms with Gasteiger partial charge in [-0.15, -0.1) is 4.73 Å². The van der Waals surface area contributed by atoms with Gasteiger partial charge in [-0.1, -0.05) is 6.92 Å². The van der Waals surface area contributed by atoms with Crippen LogP contribution in [0.15, 0.2) is 16.9 Å². The highest BCUT2D eigenvalue weighted by Gasteiger charge is 2.07. The van der Waals surface area contributed by atoms with Crippen molar-refractivity contribution in [2.75, 3.05) is 5.73 Å². The number of aromatic nitrogens is 1. The minimum atomic E-state index is -0.508. The van der Waals surface area contributed by atoms with Gasteiger partial charge >= 0.3 is 11.5 Å². The lowest BCUT2D eigenvalue weighted by molar-refractivity contribution is -0.144. The maximum atomic E-state index is 11.4. The van der Waals surface area contributed by atoms with Crippen LogP contribution in [0.2, 0.25) is 0 Å². The predicted molar refractivity (Wildman–Crippen MR) is 51.7 cm³/mol. The van der Waals surface area contributed by atoms with E-state index in [2.05, 4.69) is 0 Å². The van der Waals surface area contributed by atoms with E-state index >= 15 is 0 Å². The second kappa shape index (κ2) is 3.95. The first kappa shape index (κ1) is 10.3. The Morgan fingerprint density at radius 2 is 2.21 bits per heavy atom. The molecule has 0 aliphatic rings. The van der Waals surface area contributed by atoms with Gasteiger partial charge in [-0.3, -0.25) is 4.79 Å². The van der Waals surface area contributed by atoms with E-state index in [1.807, 2.05) is 0 Å². The van der Waals surface area contributed by atoms with Gasteiger partial charge in [-0.25, -0.2) is 4.79 Å². The van der Waals surface area contributed by atoms with Gasteiger partial charge in [0.25, 0.3) is 0 Å². The lowest BCUT2D eigenvalue weighted by Crippen LogP contribution is -2.33. The molecule has 0 unspecified atom stereocenters. The smallest absolute Gasteiger partial charge is 0.332 e. The van der Waals surface area contributed by atoms with Gasteiger partial charge in [0.1, 0.15) is 5.69 Å². The van der Waals surface area contributed by atoms with E-state index in [-0.39, 0.29) is 12.1 Å². The summed E-state index contributed by atoms with van der Waals surface area (Å²) in [6.45, 7) is 3.30. The van der Waals surface area contributed by atoms with Gasteiger partial charge in [0.05, 0.1) is 5.69 Å². The van der Waals surface area contributed by atoms with Crippen molar-refractivity contribution in [1.82, 2.24) is 4.73 Å². The zero-order chi connectivity index (χ0) is 10.7. The van der Waals surface area contributed by atoms with Crippen LogP contribution >= 0.6 is 0 Å². The molecular formula is C9H12N2O3. The number of rotatable bonds is 2. The summed E-state index contributed by atoms with van der Waals surface area (Å²) in [6, 6.07) is 3.09. The topological polar surface area (TPSA) is 74.3 Å². The van der Waals surface area contributed by atoms with Crippen molar-refractivity contribution in [2.45, 2.75) is 20.3 Å². The average molecular weight is 196 g/mol. The van der Waals surface area contributed by atoms with Crippen LogP contribution in [0.1, 0.15) is 19.0 Å². The van der Waals surface area contributed by atoms with Gasteiger partial charge in [0.15, 0.2) is 0 Å². The molecule has 0 saturated carbocycles. The monoisotopic (exact) mass is 196 g/mol. The van der Waals surface area contributed by atoms with Crippen LogP contribution in [-0.4, -0.2) is 10.7 Å². The molecule has 0 bridgehead atoms. The number of nitrogens with zero attached hydrogens (tertiary/aromatic N) is 1. The van der Waals surface area contributed by atoms with Crippen LogP contribution in [0.5, 0.6) is 0 Å². The van der Waals surface area contributed by atoms with Crippen LogP contribution in [-0.2, 0) is 4.79 Å². The van der Waals surface area contributed by atoms with E-state index in [0.717, 1.165) is 4.73 Å². The number of carbonyl (C=O) groups is 1. The lowest BCUT2D eigenvalue weighted by Gasteiger charge is -2.08. The van der Waals surface area contributed by atoms with Crippen molar-refractivity contribution >= 4 is 11.7 Å². The fraction of sp³-hybridized carbons (Fsp3) is 0.333. The molecule has 1 heterocycles. The number of nitrogens with two attached hydrogens (primary N) is 1. The van der Waals surface area contributed by atoms with E-state index < -0.39 is 11.5 Å². The maximum absolute atomic E-state index is 11.4. The first-order valence-corrected chi connectivity index (χ1v) is 4.25. The third-order valence-electron chi connectivity index (χ3n) is 1.74. The van der Waals surface area contributed by atoms with Gasteiger partial charge in [0.2, 0.25) is 0 Å². The van der Waals surface area contributed by atoms with E-state index in [9.17, 15) is 9.59 Å². The normalized spacial score (nSPS) is 9.86. The Morgan fingerprint density at radius 1 is 1.57 bits per heavy atom.